The Labute approximate surface area is 131 Å². The lowest BCUT2D eigenvalue weighted by molar-refractivity contribution is 0.103. The van der Waals surface area contributed by atoms with E-state index in [2.05, 4.69) is 18.0 Å². The highest BCUT2D eigenvalue weighted by molar-refractivity contribution is 6.10. The number of hydrogen-bond acceptors (Lipinski definition) is 1. The van der Waals surface area contributed by atoms with Gasteiger partial charge in [0.05, 0.1) is 0 Å². The number of carbonyl (C=O) groups is 1. The topological polar surface area (TPSA) is 32.9 Å². The van der Waals surface area contributed by atoms with Crippen molar-refractivity contribution in [3.63, 3.8) is 0 Å². The molecule has 3 aromatic rings. The van der Waals surface area contributed by atoms with Gasteiger partial charge in [-0.1, -0.05) is 50.1 Å². The molecule has 3 rings (SSSR count). The summed E-state index contributed by atoms with van der Waals surface area (Å²) in [6.45, 7) is 2.21. The molecule has 2 nitrogen and oxygen atoms in total. The van der Waals surface area contributed by atoms with Crippen molar-refractivity contribution in [3.05, 3.63) is 71.4 Å². The Bertz CT molecular complexity index is 771. The van der Waals surface area contributed by atoms with E-state index in [0.29, 0.717) is 0 Å². The molecule has 1 heterocycles. The maximum Gasteiger partial charge on any atom is 0.193 e. The summed E-state index contributed by atoms with van der Waals surface area (Å²) >= 11 is 0. The van der Waals surface area contributed by atoms with Crippen LogP contribution in [0.5, 0.6) is 0 Å². The van der Waals surface area contributed by atoms with Gasteiger partial charge in [0.25, 0.3) is 0 Å². The molecule has 112 valence electrons. The zero-order valence-corrected chi connectivity index (χ0v) is 12.9. The lowest BCUT2D eigenvalue weighted by Crippen LogP contribution is -2.00. The van der Waals surface area contributed by atoms with Crippen LogP contribution in [0, 0.1) is 0 Å². The van der Waals surface area contributed by atoms with Crippen molar-refractivity contribution in [3.8, 4) is 0 Å². The van der Waals surface area contributed by atoms with E-state index in [1.54, 1.807) is 0 Å². The number of nitrogens with one attached hydrogen (secondary N) is 1. The molecule has 0 unspecified atom stereocenters. The maximum atomic E-state index is 12.5. The van der Waals surface area contributed by atoms with Gasteiger partial charge >= 0.3 is 0 Å². The molecule has 22 heavy (non-hydrogen) atoms. The van der Waals surface area contributed by atoms with E-state index in [4.69, 9.17) is 0 Å². The van der Waals surface area contributed by atoms with Crippen molar-refractivity contribution in [1.29, 1.82) is 0 Å². The summed E-state index contributed by atoms with van der Waals surface area (Å²) in [4.78, 5) is 15.9. The Balaban J connectivity index is 1.85. The summed E-state index contributed by atoms with van der Waals surface area (Å²) in [5.41, 5.74) is 3.85. The molecule has 0 radical (unpaired) electrons. The highest BCUT2D eigenvalue weighted by atomic mass is 16.1. The number of fused-ring (bicyclic) bond motifs is 1. The van der Waals surface area contributed by atoms with Gasteiger partial charge in [0.1, 0.15) is 0 Å². The molecule has 0 bridgehead atoms. The quantitative estimate of drug-likeness (QED) is 0.495. The van der Waals surface area contributed by atoms with Gasteiger partial charge in [-0.15, -0.1) is 0 Å². The molecule has 0 aliphatic heterocycles. The van der Waals surface area contributed by atoms with E-state index in [1.807, 2.05) is 48.5 Å². The molecule has 0 aliphatic carbocycles. The number of unbranched alkanes of at least 4 members (excludes halogenated alkanes) is 2. The van der Waals surface area contributed by atoms with Crippen molar-refractivity contribution in [2.75, 3.05) is 0 Å². The van der Waals surface area contributed by atoms with Crippen LogP contribution in [0.1, 0.15) is 47.8 Å². The summed E-state index contributed by atoms with van der Waals surface area (Å²) in [6.07, 6.45) is 4.77. The third-order valence-corrected chi connectivity index (χ3v) is 4.02. The van der Waals surface area contributed by atoms with E-state index in [1.165, 1.54) is 25.0 Å². The summed E-state index contributed by atoms with van der Waals surface area (Å²) in [6, 6.07) is 17.5. The minimum Gasteiger partial charge on any atom is -0.358 e. The average molecular weight is 291 g/mol. The number of ketones is 1. The van der Waals surface area contributed by atoms with Crippen LogP contribution >= 0.6 is 0 Å². The van der Waals surface area contributed by atoms with Gasteiger partial charge in [-0.3, -0.25) is 4.79 Å². The zero-order chi connectivity index (χ0) is 15.4. The van der Waals surface area contributed by atoms with Gasteiger partial charge in [-0.25, -0.2) is 0 Å². The van der Waals surface area contributed by atoms with Crippen LogP contribution in [0.4, 0.5) is 0 Å². The molecular formula is C20H21NO. The van der Waals surface area contributed by atoms with E-state index in [9.17, 15) is 4.79 Å². The fraction of sp³-hybridized carbons (Fsp3) is 0.250. The molecule has 0 saturated heterocycles. The Morgan fingerprint density at radius 3 is 2.55 bits per heavy atom. The SMILES string of the molecule is CCCCCc1cc2cc(C(=O)c3ccccc3)ccc2[nH]1. The highest BCUT2D eigenvalue weighted by Crippen LogP contribution is 2.20. The molecule has 2 heteroatoms. The number of carbonyl (C=O) groups excluding carboxylic acids is 1. The first kappa shape index (κ1) is 14.6. The number of aryl methyl sites for hydroxylation is 1. The van der Waals surface area contributed by atoms with Gasteiger partial charge in [0, 0.05) is 27.7 Å². The number of hydrogen-bond donors (Lipinski definition) is 1. The first-order chi connectivity index (χ1) is 10.8. The van der Waals surface area contributed by atoms with Gasteiger partial charge in [0.2, 0.25) is 0 Å². The molecule has 0 fully saturated rings. The Hall–Kier alpha value is -2.35. The minimum atomic E-state index is 0.0798. The van der Waals surface area contributed by atoms with Crippen molar-refractivity contribution in [2.24, 2.45) is 0 Å². The molecule has 2 aromatic carbocycles. The Morgan fingerprint density at radius 2 is 1.77 bits per heavy atom. The van der Waals surface area contributed by atoms with E-state index in [-0.39, 0.29) is 5.78 Å². The zero-order valence-electron chi connectivity index (χ0n) is 12.9. The number of rotatable bonds is 6. The number of H-pyrrole nitrogens is 1. The standard InChI is InChI=1S/C20H21NO/c1-2-3-5-10-18-14-17-13-16(11-12-19(17)21-18)20(22)15-8-6-4-7-9-15/h4,6-9,11-14,21H,2-3,5,10H2,1H3. The monoisotopic (exact) mass is 291 g/mol. The number of aromatic amines is 1. The normalized spacial score (nSPS) is 11.0. The van der Waals surface area contributed by atoms with Crippen LogP contribution in [-0.4, -0.2) is 10.8 Å². The third kappa shape index (κ3) is 3.11. The summed E-state index contributed by atoms with van der Waals surface area (Å²) in [5.74, 6) is 0.0798. The fourth-order valence-corrected chi connectivity index (χ4v) is 2.79. The predicted octanol–water partition coefficient (Wildman–Crippen LogP) is 5.13. The van der Waals surface area contributed by atoms with Crippen LogP contribution in [-0.2, 0) is 6.42 Å². The van der Waals surface area contributed by atoms with Gasteiger partial charge < -0.3 is 4.98 Å². The van der Waals surface area contributed by atoms with Crippen LogP contribution in [0.15, 0.2) is 54.6 Å². The van der Waals surface area contributed by atoms with Crippen LogP contribution in [0.2, 0.25) is 0 Å². The molecule has 1 aromatic heterocycles. The smallest absolute Gasteiger partial charge is 0.193 e. The lowest BCUT2D eigenvalue weighted by Gasteiger charge is -2.01. The van der Waals surface area contributed by atoms with Crippen LogP contribution < -0.4 is 0 Å². The van der Waals surface area contributed by atoms with Crippen molar-refractivity contribution >= 4 is 16.7 Å². The highest BCUT2D eigenvalue weighted by Gasteiger charge is 2.10. The van der Waals surface area contributed by atoms with Crippen molar-refractivity contribution in [1.82, 2.24) is 4.98 Å². The molecule has 0 amide bonds. The molecule has 0 spiro atoms. The summed E-state index contributed by atoms with van der Waals surface area (Å²) in [5, 5.41) is 1.12. The van der Waals surface area contributed by atoms with E-state index in [0.717, 1.165) is 28.5 Å². The minimum absolute atomic E-state index is 0.0798. The first-order valence-corrected chi connectivity index (χ1v) is 7.99. The molecule has 0 atom stereocenters. The second-order valence-corrected chi connectivity index (χ2v) is 5.75. The van der Waals surface area contributed by atoms with Gasteiger partial charge in [-0.2, -0.15) is 0 Å². The lowest BCUT2D eigenvalue weighted by atomic mass is 10.0. The second kappa shape index (κ2) is 6.61. The van der Waals surface area contributed by atoms with Gasteiger partial charge in [0.15, 0.2) is 5.78 Å². The van der Waals surface area contributed by atoms with Crippen LogP contribution in [0.3, 0.4) is 0 Å². The fourth-order valence-electron chi connectivity index (χ4n) is 2.79. The second-order valence-electron chi connectivity index (χ2n) is 5.75. The molecule has 0 aliphatic rings. The first-order valence-electron chi connectivity index (χ1n) is 7.99. The largest absolute Gasteiger partial charge is 0.358 e. The molecular weight excluding hydrogens is 270 g/mol. The number of aromatic nitrogens is 1. The van der Waals surface area contributed by atoms with Crippen LogP contribution in [0.25, 0.3) is 10.9 Å². The summed E-state index contributed by atoms with van der Waals surface area (Å²) in [7, 11) is 0. The summed E-state index contributed by atoms with van der Waals surface area (Å²) < 4.78 is 0. The maximum absolute atomic E-state index is 12.5. The van der Waals surface area contributed by atoms with E-state index < -0.39 is 0 Å². The van der Waals surface area contributed by atoms with E-state index >= 15 is 0 Å². The molecule has 1 N–H and O–H groups in total. The molecule has 0 saturated carbocycles. The Kier molecular flexibility index (Phi) is 4.38. The third-order valence-electron chi connectivity index (χ3n) is 4.02. The predicted molar refractivity (Wildman–Crippen MR) is 91.4 cm³/mol. The van der Waals surface area contributed by atoms with Crippen molar-refractivity contribution in [2.45, 2.75) is 32.6 Å². The van der Waals surface area contributed by atoms with Crippen molar-refractivity contribution < 1.29 is 4.79 Å². The number of benzene rings is 2. The average Bonchev–Trinajstić information content (AvgIpc) is 2.97. The van der Waals surface area contributed by atoms with Gasteiger partial charge in [-0.05, 0) is 37.1 Å². The Morgan fingerprint density at radius 1 is 0.955 bits per heavy atom.